The second-order valence-corrected chi connectivity index (χ2v) is 4.39. The van der Waals surface area contributed by atoms with Crippen LogP contribution in [0.4, 0.5) is 0 Å². The Morgan fingerprint density at radius 2 is 1.84 bits per heavy atom. The summed E-state index contributed by atoms with van der Waals surface area (Å²) in [5.74, 6) is -0.314. The van der Waals surface area contributed by atoms with Crippen molar-refractivity contribution in [3.8, 4) is 0 Å². The van der Waals surface area contributed by atoms with Gasteiger partial charge in [0.05, 0.1) is 13.0 Å². The van der Waals surface area contributed by atoms with E-state index in [-0.39, 0.29) is 18.3 Å². The Morgan fingerprint density at radius 3 is 2.47 bits per heavy atom. The average Bonchev–Trinajstić information content (AvgIpc) is 2.38. The highest BCUT2D eigenvalue weighted by atomic mass is 16.5. The van der Waals surface area contributed by atoms with Crippen LogP contribution in [0.15, 0.2) is 24.3 Å². The zero-order valence-corrected chi connectivity index (χ0v) is 11.6. The van der Waals surface area contributed by atoms with Gasteiger partial charge < -0.3 is 10.1 Å². The fraction of sp³-hybridized carbons (Fsp3) is 0.467. The van der Waals surface area contributed by atoms with Crippen LogP contribution in [-0.2, 0) is 20.7 Å². The van der Waals surface area contributed by atoms with Crippen LogP contribution >= 0.6 is 0 Å². The molecule has 4 nitrogen and oxygen atoms in total. The second-order valence-electron chi connectivity index (χ2n) is 4.39. The first kappa shape index (κ1) is 15.2. The summed E-state index contributed by atoms with van der Waals surface area (Å²) in [4.78, 5) is 22.6. The summed E-state index contributed by atoms with van der Waals surface area (Å²) < 4.78 is 4.77. The van der Waals surface area contributed by atoms with Crippen molar-refractivity contribution in [2.24, 2.45) is 0 Å². The molecule has 0 bridgehead atoms. The van der Waals surface area contributed by atoms with Crippen molar-refractivity contribution in [1.82, 2.24) is 5.32 Å². The van der Waals surface area contributed by atoms with E-state index < -0.39 is 0 Å². The van der Waals surface area contributed by atoms with Crippen molar-refractivity contribution in [3.63, 3.8) is 0 Å². The SMILES string of the molecule is CCOC(=O)CCNC(=O)CCc1ccc(C)cc1. The molecule has 4 heteroatoms. The molecule has 1 aromatic carbocycles. The first-order chi connectivity index (χ1) is 9.11. The van der Waals surface area contributed by atoms with E-state index in [2.05, 4.69) is 5.32 Å². The van der Waals surface area contributed by atoms with Gasteiger partial charge in [-0.15, -0.1) is 0 Å². The molecule has 19 heavy (non-hydrogen) atoms. The molecule has 1 amide bonds. The van der Waals surface area contributed by atoms with Crippen molar-refractivity contribution in [2.75, 3.05) is 13.2 Å². The van der Waals surface area contributed by atoms with E-state index in [9.17, 15) is 9.59 Å². The summed E-state index contributed by atoms with van der Waals surface area (Å²) in [5.41, 5.74) is 2.36. The van der Waals surface area contributed by atoms with Gasteiger partial charge in [-0.2, -0.15) is 0 Å². The third-order valence-electron chi connectivity index (χ3n) is 2.72. The lowest BCUT2D eigenvalue weighted by Gasteiger charge is -2.05. The highest BCUT2D eigenvalue weighted by Gasteiger charge is 2.05. The molecule has 0 fully saturated rings. The number of amides is 1. The molecule has 0 aliphatic rings. The van der Waals surface area contributed by atoms with E-state index in [0.29, 0.717) is 26.0 Å². The van der Waals surface area contributed by atoms with Gasteiger partial charge in [0.25, 0.3) is 0 Å². The quantitative estimate of drug-likeness (QED) is 0.765. The Morgan fingerprint density at radius 1 is 1.16 bits per heavy atom. The van der Waals surface area contributed by atoms with Crippen LogP contribution in [0, 0.1) is 6.92 Å². The third-order valence-corrected chi connectivity index (χ3v) is 2.72. The molecule has 0 radical (unpaired) electrons. The van der Waals surface area contributed by atoms with Gasteiger partial charge in [-0.3, -0.25) is 9.59 Å². The lowest BCUT2D eigenvalue weighted by Crippen LogP contribution is -2.26. The normalized spacial score (nSPS) is 10.0. The van der Waals surface area contributed by atoms with Crippen molar-refractivity contribution in [2.45, 2.75) is 33.1 Å². The molecular formula is C15H21NO3. The maximum Gasteiger partial charge on any atom is 0.307 e. The standard InChI is InChI=1S/C15H21NO3/c1-3-19-15(18)10-11-16-14(17)9-8-13-6-4-12(2)5-7-13/h4-7H,3,8-11H2,1-2H3,(H,16,17). The van der Waals surface area contributed by atoms with E-state index >= 15 is 0 Å². The summed E-state index contributed by atoms with van der Waals surface area (Å²) in [6.07, 6.45) is 1.38. The van der Waals surface area contributed by atoms with Gasteiger partial charge in [-0.05, 0) is 25.8 Å². The van der Waals surface area contributed by atoms with Crippen LogP contribution in [0.2, 0.25) is 0 Å². The minimum Gasteiger partial charge on any atom is -0.466 e. The molecule has 1 rings (SSSR count). The van der Waals surface area contributed by atoms with Gasteiger partial charge in [-0.25, -0.2) is 0 Å². The molecule has 0 saturated heterocycles. The number of hydrogen-bond acceptors (Lipinski definition) is 3. The Bertz CT molecular complexity index is 412. The summed E-state index contributed by atoms with van der Waals surface area (Å²) in [6, 6.07) is 8.13. The summed E-state index contributed by atoms with van der Waals surface area (Å²) >= 11 is 0. The molecule has 0 heterocycles. The fourth-order valence-corrected chi connectivity index (χ4v) is 1.64. The Hall–Kier alpha value is -1.84. The zero-order valence-electron chi connectivity index (χ0n) is 11.6. The van der Waals surface area contributed by atoms with Crippen molar-refractivity contribution in [1.29, 1.82) is 0 Å². The molecule has 0 aliphatic heterocycles. The van der Waals surface area contributed by atoms with E-state index in [1.165, 1.54) is 5.56 Å². The maximum absolute atomic E-state index is 11.6. The number of benzene rings is 1. The van der Waals surface area contributed by atoms with Gasteiger partial charge >= 0.3 is 5.97 Å². The largest absolute Gasteiger partial charge is 0.466 e. The van der Waals surface area contributed by atoms with E-state index in [1.54, 1.807) is 6.92 Å². The number of nitrogens with one attached hydrogen (secondary N) is 1. The van der Waals surface area contributed by atoms with Crippen LogP contribution in [-0.4, -0.2) is 25.0 Å². The summed E-state index contributed by atoms with van der Waals surface area (Å²) in [6.45, 7) is 4.51. The minimum absolute atomic E-state index is 0.0372. The molecule has 0 aromatic heterocycles. The number of carbonyl (C=O) groups is 2. The molecule has 1 N–H and O–H groups in total. The van der Waals surface area contributed by atoms with Gasteiger partial charge in [0, 0.05) is 13.0 Å². The van der Waals surface area contributed by atoms with Crippen LogP contribution in [0.5, 0.6) is 0 Å². The van der Waals surface area contributed by atoms with E-state index in [1.807, 2.05) is 31.2 Å². The third kappa shape index (κ3) is 6.60. The van der Waals surface area contributed by atoms with E-state index in [4.69, 9.17) is 4.74 Å². The predicted octanol–water partition coefficient (Wildman–Crippen LogP) is 2.00. The van der Waals surface area contributed by atoms with Crippen molar-refractivity contribution in [3.05, 3.63) is 35.4 Å². The minimum atomic E-state index is -0.277. The van der Waals surface area contributed by atoms with Gasteiger partial charge in [0.15, 0.2) is 0 Å². The number of esters is 1. The van der Waals surface area contributed by atoms with Crippen LogP contribution in [0.25, 0.3) is 0 Å². The zero-order chi connectivity index (χ0) is 14.1. The van der Waals surface area contributed by atoms with Gasteiger partial charge in [0.2, 0.25) is 5.91 Å². The lowest BCUT2D eigenvalue weighted by molar-refractivity contribution is -0.143. The molecule has 0 aliphatic carbocycles. The smallest absolute Gasteiger partial charge is 0.307 e. The van der Waals surface area contributed by atoms with E-state index in [0.717, 1.165) is 5.56 Å². The monoisotopic (exact) mass is 263 g/mol. The van der Waals surface area contributed by atoms with Crippen LogP contribution in [0.1, 0.15) is 30.9 Å². The lowest BCUT2D eigenvalue weighted by atomic mass is 10.1. The highest BCUT2D eigenvalue weighted by molar-refractivity contribution is 5.77. The Balaban J connectivity index is 2.17. The molecule has 0 unspecified atom stereocenters. The summed E-state index contributed by atoms with van der Waals surface area (Å²) in [5, 5.41) is 2.71. The number of rotatable bonds is 7. The molecule has 104 valence electrons. The van der Waals surface area contributed by atoms with Crippen molar-refractivity contribution >= 4 is 11.9 Å². The first-order valence-corrected chi connectivity index (χ1v) is 6.59. The molecular weight excluding hydrogens is 242 g/mol. The Labute approximate surface area is 114 Å². The molecule has 1 aromatic rings. The van der Waals surface area contributed by atoms with Crippen LogP contribution in [0.3, 0.4) is 0 Å². The molecule has 0 spiro atoms. The predicted molar refractivity (Wildman–Crippen MR) is 73.8 cm³/mol. The topological polar surface area (TPSA) is 55.4 Å². The van der Waals surface area contributed by atoms with Gasteiger partial charge in [-0.1, -0.05) is 29.8 Å². The Kier molecular flexibility index (Phi) is 6.64. The average molecular weight is 263 g/mol. The fourth-order valence-electron chi connectivity index (χ4n) is 1.64. The number of hydrogen-bond donors (Lipinski definition) is 1. The summed E-state index contributed by atoms with van der Waals surface area (Å²) in [7, 11) is 0. The van der Waals surface area contributed by atoms with Crippen molar-refractivity contribution < 1.29 is 14.3 Å². The highest BCUT2D eigenvalue weighted by Crippen LogP contribution is 2.05. The first-order valence-electron chi connectivity index (χ1n) is 6.59. The maximum atomic E-state index is 11.6. The molecule has 0 atom stereocenters. The van der Waals surface area contributed by atoms with Gasteiger partial charge in [0.1, 0.15) is 0 Å². The van der Waals surface area contributed by atoms with Crippen LogP contribution < -0.4 is 5.32 Å². The second kappa shape index (κ2) is 8.29. The molecule has 0 saturated carbocycles. The number of aryl methyl sites for hydroxylation is 2. The number of carbonyl (C=O) groups excluding carboxylic acids is 2. The number of ether oxygens (including phenoxy) is 1.